The van der Waals surface area contributed by atoms with Crippen LogP contribution in [-0.4, -0.2) is 23.0 Å². The van der Waals surface area contributed by atoms with Crippen molar-refractivity contribution in [1.29, 1.82) is 5.26 Å². The molecule has 108 valence electrons. The minimum Gasteiger partial charge on any atom is -0.448 e. The maximum absolute atomic E-state index is 11.9. The average Bonchev–Trinajstić information content (AvgIpc) is 3.07. The standard InChI is InChI=1S/C13H10BrN3O3S/c1-7(20-13(19)10-4-9(14)6-16-10)11(18)17-12-8(5-15)2-3-21-12/h2-4,6-7,16H,1H3,(H,17,18). The van der Waals surface area contributed by atoms with E-state index < -0.39 is 18.0 Å². The highest BCUT2D eigenvalue weighted by atomic mass is 79.9. The van der Waals surface area contributed by atoms with Crippen LogP contribution in [0.15, 0.2) is 28.2 Å². The quantitative estimate of drug-likeness (QED) is 0.812. The van der Waals surface area contributed by atoms with E-state index in [1.807, 2.05) is 6.07 Å². The SMILES string of the molecule is CC(OC(=O)c1cc(Br)c[nH]1)C(=O)Nc1sccc1C#N. The van der Waals surface area contributed by atoms with Gasteiger partial charge in [-0.2, -0.15) is 5.26 Å². The van der Waals surface area contributed by atoms with Gasteiger partial charge in [-0.05, 0) is 40.4 Å². The fraction of sp³-hybridized carbons (Fsp3) is 0.154. The zero-order chi connectivity index (χ0) is 15.4. The van der Waals surface area contributed by atoms with Gasteiger partial charge in [-0.3, -0.25) is 4.79 Å². The Balaban J connectivity index is 1.97. The largest absolute Gasteiger partial charge is 0.448 e. The number of H-pyrrole nitrogens is 1. The lowest BCUT2D eigenvalue weighted by molar-refractivity contribution is -0.123. The molecule has 0 aliphatic heterocycles. The number of rotatable bonds is 4. The van der Waals surface area contributed by atoms with E-state index in [2.05, 4.69) is 26.2 Å². The van der Waals surface area contributed by atoms with Crippen molar-refractivity contribution in [2.75, 3.05) is 5.32 Å². The second-order valence-electron chi connectivity index (χ2n) is 4.04. The van der Waals surface area contributed by atoms with Crippen LogP contribution in [0.25, 0.3) is 0 Å². The van der Waals surface area contributed by atoms with E-state index >= 15 is 0 Å². The summed E-state index contributed by atoms with van der Waals surface area (Å²) in [4.78, 5) is 26.5. The summed E-state index contributed by atoms with van der Waals surface area (Å²) in [6.07, 6.45) is 0.611. The molecule has 1 amide bonds. The molecule has 2 aromatic rings. The van der Waals surface area contributed by atoms with Crippen molar-refractivity contribution in [2.45, 2.75) is 13.0 Å². The van der Waals surface area contributed by atoms with Crippen molar-refractivity contribution in [2.24, 2.45) is 0 Å². The van der Waals surface area contributed by atoms with E-state index in [1.54, 1.807) is 23.7 Å². The molecule has 0 spiro atoms. The number of carbonyl (C=O) groups is 2. The van der Waals surface area contributed by atoms with Gasteiger partial charge in [0.05, 0.1) is 5.56 Å². The van der Waals surface area contributed by atoms with E-state index in [9.17, 15) is 9.59 Å². The smallest absolute Gasteiger partial charge is 0.355 e. The average molecular weight is 368 g/mol. The van der Waals surface area contributed by atoms with E-state index in [0.29, 0.717) is 15.0 Å². The van der Waals surface area contributed by atoms with E-state index in [4.69, 9.17) is 10.00 Å². The van der Waals surface area contributed by atoms with Crippen LogP contribution in [0.5, 0.6) is 0 Å². The minimum atomic E-state index is -0.979. The molecule has 0 bridgehead atoms. The first-order valence-electron chi connectivity index (χ1n) is 5.84. The summed E-state index contributed by atoms with van der Waals surface area (Å²) in [7, 11) is 0. The van der Waals surface area contributed by atoms with Gasteiger partial charge in [0.1, 0.15) is 16.8 Å². The molecular formula is C13H10BrN3O3S. The predicted molar refractivity (Wildman–Crippen MR) is 81.0 cm³/mol. The van der Waals surface area contributed by atoms with Crippen molar-refractivity contribution in [3.05, 3.63) is 39.4 Å². The number of nitriles is 1. The van der Waals surface area contributed by atoms with Crippen LogP contribution in [0, 0.1) is 11.3 Å². The summed E-state index contributed by atoms with van der Waals surface area (Å²) in [6.45, 7) is 1.46. The van der Waals surface area contributed by atoms with Gasteiger partial charge in [0.25, 0.3) is 5.91 Å². The van der Waals surface area contributed by atoms with Crippen LogP contribution in [0.3, 0.4) is 0 Å². The number of nitrogens with one attached hydrogen (secondary N) is 2. The number of esters is 1. The molecule has 0 fully saturated rings. The predicted octanol–water partition coefficient (Wildman–Crippen LogP) is 2.89. The molecule has 2 aromatic heterocycles. The summed E-state index contributed by atoms with van der Waals surface area (Å²) in [6, 6.07) is 5.13. The van der Waals surface area contributed by atoms with Gasteiger partial charge in [0, 0.05) is 10.7 Å². The van der Waals surface area contributed by atoms with Crippen LogP contribution >= 0.6 is 27.3 Å². The molecule has 0 radical (unpaired) electrons. The molecule has 2 heterocycles. The first-order chi connectivity index (χ1) is 10.0. The molecule has 0 aromatic carbocycles. The molecule has 0 aliphatic carbocycles. The molecule has 0 aliphatic rings. The third-order valence-corrected chi connectivity index (χ3v) is 3.83. The second-order valence-corrected chi connectivity index (χ2v) is 5.88. The number of halogens is 1. The molecular weight excluding hydrogens is 358 g/mol. The van der Waals surface area contributed by atoms with Crippen LogP contribution < -0.4 is 5.32 Å². The summed E-state index contributed by atoms with van der Waals surface area (Å²) < 4.78 is 5.76. The van der Waals surface area contributed by atoms with Gasteiger partial charge in [-0.25, -0.2) is 4.79 Å². The maximum atomic E-state index is 11.9. The van der Waals surface area contributed by atoms with Crippen LogP contribution in [-0.2, 0) is 9.53 Å². The number of hydrogen-bond acceptors (Lipinski definition) is 5. The van der Waals surface area contributed by atoms with Crippen molar-refractivity contribution in [1.82, 2.24) is 4.98 Å². The molecule has 1 atom stereocenters. The first-order valence-corrected chi connectivity index (χ1v) is 7.52. The molecule has 21 heavy (non-hydrogen) atoms. The topological polar surface area (TPSA) is 95.0 Å². The highest BCUT2D eigenvalue weighted by Gasteiger charge is 2.21. The minimum absolute atomic E-state index is 0.246. The summed E-state index contributed by atoms with van der Waals surface area (Å²) >= 11 is 4.43. The third-order valence-electron chi connectivity index (χ3n) is 2.54. The molecule has 0 saturated heterocycles. The number of aromatic nitrogens is 1. The van der Waals surface area contributed by atoms with Crippen LogP contribution in [0.1, 0.15) is 23.0 Å². The lowest BCUT2D eigenvalue weighted by Gasteiger charge is -2.12. The first kappa shape index (κ1) is 15.3. The Hall–Kier alpha value is -2.11. The maximum Gasteiger partial charge on any atom is 0.355 e. The number of amides is 1. The van der Waals surface area contributed by atoms with Crippen molar-refractivity contribution in [3.8, 4) is 6.07 Å². The van der Waals surface area contributed by atoms with E-state index in [-0.39, 0.29) is 5.69 Å². The number of nitrogens with zero attached hydrogens (tertiary/aromatic N) is 1. The molecule has 2 N–H and O–H groups in total. The fourth-order valence-corrected chi connectivity index (χ4v) is 2.55. The lowest BCUT2D eigenvalue weighted by atomic mass is 10.3. The van der Waals surface area contributed by atoms with Gasteiger partial charge >= 0.3 is 5.97 Å². The monoisotopic (exact) mass is 367 g/mol. The number of carbonyl (C=O) groups excluding carboxylic acids is 2. The summed E-state index contributed by atoms with van der Waals surface area (Å²) in [5.74, 6) is -1.12. The number of thiophene rings is 1. The van der Waals surface area contributed by atoms with E-state index in [0.717, 1.165) is 0 Å². The zero-order valence-electron chi connectivity index (χ0n) is 10.8. The highest BCUT2D eigenvalue weighted by molar-refractivity contribution is 9.10. The Bertz CT molecular complexity index is 716. The summed E-state index contributed by atoms with van der Waals surface area (Å²) in [5, 5.41) is 13.6. The van der Waals surface area contributed by atoms with Crippen molar-refractivity contribution in [3.63, 3.8) is 0 Å². The van der Waals surface area contributed by atoms with Gasteiger partial charge in [0.15, 0.2) is 6.10 Å². The number of anilines is 1. The van der Waals surface area contributed by atoms with Crippen molar-refractivity contribution >= 4 is 44.1 Å². The molecule has 8 heteroatoms. The number of aromatic amines is 1. The molecule has 0 saturated carbocycles. The molecule has 6 nitrogen and oxygen atoms in total. The van der Waals surface area contributed by atoms with Gasteiger partial charge < -0.3 is 15.0 Å². The van der Waals surface area contributed by atoms with Gasteiger partial charge in [0.2, 0.25) is 0 Å². The number of hydrogen-bond donors (Lipinski definition) is 2. The van der Waals surface area contributed by atoms with E-state index in [1.165, 1.54) is 18.3 Å². The normalized spacial score (nSPS) is 11.5. The lowest BCUT2D eigenvalue weighted by Crippen LogP contribution is -2.30. The molecule has 2 rings (SSSR count). The molecule has 1 unspecified atom stereocenters. The van der Waals surface area contributed by atoms with Gasteiger partial charge in [-0.1, -0.05) is 0 Å². The Morgan fingerprint density at radius 1 is 1.57 bits per heavy atom. The van der Waals surface area contributed by atoms with Crippen molar-refractivity contribution < 1.29 is 14.3 Å². The highest BCUT2D eigenvalue weighted by Crippen LogP contribution is 2.22. The Labute approximate surface area is 132 Å². The Morgan fingerprint density at radius 3 is 2.95 bits per heavy atom. The fourth-order valence-electron chi connectivity index (χ4n) is 1.47. The second kappa shape index (κ2) is 6.56. The van der Waals surface area contributed by atoms with Gasteiger partial charge in [-0.15, -0.1) is 11.3 Å². The Kier molecular flexibility index (Phi) is 4.77. The third kappa shape index (κ3) is 3.71. The summed E-state index contributed by atoms with van der Waals surface area (Å²) in [5.41, 5.74) is 0.621. The zero-order valence-corrected chi connectivity index (χ0v) is 13.2. The number of ether oxygens (including phenoxy) is 1. The van der Waals surface area contributed by atoms with Crippen LogP contribution in [0.4, 0.5) is 5.00 Å². The van der Waals surface area contributed by atoms with Crippen LogP contribution in [0.2, 0.25) is 0 Å². The Morgan fingerprint density at radius 2 is 2.33 bits per heavy atom.